The average molecular weight is 608 g/mol. The molecule has 0 aliphatic carbocycles. The highest BCUT2D eigenvalue weighted by Gasteiger charge is 2.20. The van der Waals surface area contributed by atoms with Crippen LogP contribution in [0.4, 0.5) is 0 Å². The molecule has 9 rings (SSSR count). The van der Waals surface area contributed by atoms with Crippen LogP contribution in [0.3, 0.4) is 0 Å². The van der Waals surface area contributed by atoms with Crippen molar-refractivity contribution in [3.05, 3.63) is 170 Å². The summed E-state index contributed by atoms with van der Waals surface area (Å²) in [4.78, 5) is 0. The SMILES string of the molecule is c1ccc(-n2c3ccccc3c3cc(-c4ccc5sc6ccc([SiH](c7ccccc7)c7ccccc7)cc6c5c4)ccc32)cc1. The molecule has 45 heavy (non-hydrogen) atoms. The molecule has 1 nitrogen and oxygen atoms in total. The molecule has 2 heterocycles. The van der Waals surface area contributed by atoms with Gasteiger partial charge in [0.15, 0.2) is 0 Å². The van der Waals surface area contributed by atoms with Crippen molar-refractivity contribution in [2.45, 2.75) is 0 Å². The van der Waals surface area contributed by atoms with E-state index in [9.17, 15) is 0 Å². The first-order valence-corrected chi connectivity index (χ1v) is 18.0. The van der Waals surface area contributed by atoms with Crippen LogP contribution in [0.5, 0.6) is 0 Å². The quantitative estimate of drug-likeness (QED) is 0.136. The minimum atomic E-state index is -1.62. The smallest absolute Gasteiger partial charge is 0.132 e. The fraction of sp³-hybridized carbons (Fsp3) is 0. The van der Waals surface area contributed by atoms with Gasteiger partial charge in [0.1, 0.15) is 8.80 Å². The lowest BCUT2D eigenvalue weighted by Crippen LogP contribution is -2.51. The number of benzene rings is 7. The number of thiophene rings is 1. The number of hydrogen-bond acceptors (Lipinski definition) is 1. The van der Waals surface area contributed by atoms with Crippen LogP contribution < -0.4 is 15.6 Å². The minimum Gasteiger partial charge on any atom is -0.309 e. The van der Waals surface area contributed by atoms with Gasteiger partial charge in [-0.25, -0.2) is 0 Å². The van der Waals surface area contributed by atoms with E-state index in [0.717, 1.165) is 0 Å². The van der Waals surface area contributed by atoms with Crippen molar-refractivity contribution in [2.24, 2.45) is 0 Å². The summed E-state index contributed by atoms with van der Waals surface area (Å²) in [7, 11) is -1.62. The first-order valence-electron chi connectivity index (χ1n) is 15.5. The molecule has 0 atom stereocenters. The Balaban J connectivity index is 1.20. The van der Waals surface area contributed by atoms with Crippen molar-refractivity contribution in [1.82, 2.24) is 4.57 Å². The number of rotatable bonds is 5. The van der Waals surface area contributed by atoms with Gasteiger partial charge in [-0.15, -0.1) is 11.3 Å². The highest BCUT2D eigenvalue weighted by atomic mass is 32.1. The van der Waals surface area contributed by atoms with Gasteiger partial charge in [-0.1, -0.05) is 137 Å². The molecule has 0 bridgehead atoms. The van der Waals surface area contributed by atoms with Crippen molar-refractivity contribution in [3.63, 3.8) is 0 Å². The number of hydrogen-bond donors (Lipinski definition) is 0. The highest BCUT2D eigenvalue weighted by molar-refractivity contribution is 7.25. The molecule has 9 aromatic rings. The van der Waals surface area contributed by atoms with Crippen molar-refractivity contribution in [2.75, 3.05) is 0 Å². The molecule has 0 saturated carbocycles. The van der Waals surface area contributed by atoms with Crippen molar-refractivity contribution in [1.29, 1.82) is 0 Å². The minimum absolute atomic E-state index is 1.19. The number of aromatic nitrogens is 1. The zero-order valence-corrected chi connectivity index (χ0v) is 26.6. The summed E-state index contributed by atoms with van der Waals surface area (Å²) in [6.07, 6.45) is 0. The lowest BCUT2D eigenvalue weighted by atomic mass is 10.0. The summed E-state index contributed by atoms with van der Waals surface area (Å²) in [5.41, 5.74) is 6.16. The van der Waals surface area contributed by atoms with Gasteiger partial charge in [0.2, 0.25) is 0 Å². The van der Waals surface area contributed by atoms with Gasteiger partial charge in [0.25, 0.3) is 0 Å². The molecule has 0 radical (unpaired) electrons. The number of para-hydroxylation sites is 2. The molecule has 0 saturated heterocycles. The predicted molar refractivity (Wildman–Crippen MR) is 198 cm³/mol. The third-order valence-electron chi connectivity index (χ3n) is 9.11. The normalized spacial score (nSPS) is 11.8. The summed E-state index contributed by atoms with van der Waals surface area (Å²) in [5.74, 6) is 0. The lowest BCUT2D eigenvalue weighted by molar-refractivity contribution is 1.18. The van der Waals surface area contributed by atoms with E-state index in [1.54, 1.807) is 0 Å². The fourth-order valence-corrected chi connectivity index (χ4v) is 11.1. The van der Waals surface area contributed by atoms with Gasteiger partial charge in [-0.2, -0.15) is 0 Å². The average Bonchev–Trinajstić information content (AvgIpc) is 3.64. The van der Waals surface area contributed by atoms with Crippen LogP contribution in [-0.4, -0.2) is 13.4 Å². The number of nitrogens with zero attached hydrogens (tertiary/aromatic N) is 1. The summed E-state index contributed by atoms with van der Waals surface area (Å²) in [6, 6.07) is 62.8. The largest absolute Gasteiger partial charge is 0.309 e. The first kappa shape index (κ1) is 26.2. The molecule has 0 fully saturated rings. The predicted octanol–water partition coefficient (Wildman–Crippen LogP) is 9.07. The summed E-state index contributed by atoms with van der Waals surface area (Å²) in [6.45, 7) is 0. The molecule has 0 unspecified atom stereocenters. The van der Waals surface area contributed by atoms with Gasteiger partial charge < -0.3 is 4.57 Å². The molecule has 0 aliphatic rings. The fourth-order valence-electron chi connectivity index (χ4n) is 7.03. The van der Waals surface area contributed by atoms with Gasteiger partial charge in [0.05, 0.1) is 11.0 Å². The van der Waals surface area contributed by atoms with Crippen LogP contribution in [0.25, 0.3) is 58.8 Å². The standard InChI is InChI=1S/C42H29NSSi/c1-4-12-31(13-5-1)43-39-19-11-10-18-35(39)36-26-29(20-23-40(36)43)30-21-24-41-37(27-30)38-28-34(22-25-42(38)44-41)45(32-14-6-2-7-15-32)33-16-8-3-9-17-33/h1-28,45H. The van der Waals surface area contributed by atoms with Crippen molar-refractivity contribution >= 4 is 77.7 Å². The molecule has 2 aromatic heterocycles. The second-order valence-corrected chi connectivity index (χ2v) is 15.7. The Morgan fingerprint density at radius 1 is 0.378 bits per heavy atom. The zero-order chi connectivity index (χ0) is 29.7. The third kappa shape index (κ3) is 4.43. The second kappa shape index (κ2) is 10.7. The Morgan fingerprint density at radius 3 is 1.62 bits per heavy atom. The first-order chi connectivity index (χ1) is 22.3. The van der Waals surface area contributed by atoms with Crippen LogP contribution in [0, 0.1) is 0 Å². The van der Waals surface area contributed by atoms with Crippen LogP contribution in [-0.2, 0) is 0 Å². The maximum atomic E-state index is 2.49. The molecule has 0 aliphatic heterocycles. The topological polar surface area (TPSA) is 4.93 Å². The molecule has 212 valence electrons. The Bertz CT molecular complexity index is 2440. The van der Waals surface area contributed by atoms with Crippen LogP contribution in [0.2, 0.25) is 0 Å². The molecule has 3 heteroatoms. The van der Waals surface area contributed by atoms with E-state index >= 15 is 0 Å². The molecular formula is C42H29NSSi. The Morgan fingerprint density at radius 2 is 0.911 bits per heavy atom. The Kier molecular flexibility index (Phi) is 6.25. The van der Waals surface area contributed by atoms with Crippen LogP contribution in [0.1, 0.15) is 0 Å². The monoisotopic (exact) mass is 607 g/mol. The van der Waals surface area contributed by atoms with Gasteiger partial charge in [0, 0.05) is 36.6 Å². The van der Waals surface area contributed by atoms with E-state index in [1.807, 2.05) is 11.3 Å². The molecule has 0 N–H and O–H groups in total. The van der Waals surface area contributed by atoms with Crippen LogP contribution in [0.15, 0.2) is 170 Å². The van der Waals surface area contributed by atoms with Crippen LogP contribution >= 0.6 is 11.3 Å². The van der Waals surface area contributed by atoms with E-state index in [4.69, 9.17) is 0 Å². The Hall–Kier alpha value is -5.22. The van der Waals surface area contributed by atoms with E-state index in [1.165, 1.54) is 74.4 Å². The molecule has 7 aromatic carbocycles. The van der Waals surface area contributed by atoms with E-state index in [0.29, 0.717) is 0 Å². The summed E-state index contributed by atoms with van der Waals surface area (Å²) >= 11 is 1.90. The summed E-state index contributed by atoms with van der Waals surface area (Å²) in [5, 5.41) is 9.62. The lowest BCUT2D eigenvalue weighted by Gasteiger charge is -2.17. The maximum Gasteiger partial charge on any atom is 0.132 e. The van der Waals surface area contributed by atoms with E-state index in [2.05, 4.69) is 174 Å². The second-order valence-electron chi connectivity index (χ2n) is 11.7. The van der Waals surface area contributed by atoms with Gasteiger partial charge >= 0.3 is 0 Å². The van der Waals surface area contributed by atoms with Gasteiger partial charge in [-0.05, 0) is 59.7 Å². The highest BCUT2D eigenvalue weighted by Crippen LogP contribution is 2.38. The summed E-state index contributed by atoms with van der Waals surface area (Å²) < 4.78 is 5.07. The third-order valence-corrected chi connectivity index (χ3v) is 13.4. The molecule has 0 spiro atoms. The number of fused-ring (bicyclic) bond motifs is 6. The molecule has 0 amide bonds. The van der Waals surface area contributed by atoms with Crippen molar-refractivity contribution < 1.29 is 0 Å². The molecular weight excluding hydrogens is 579 g/mol. The van der Waals surface area contributed by atoms with E-state index < -0.39 is 8.80 Å². The van der Waals surface area contributed by atoms with Crippen molar-refractivity contribution in [3.8, 4) is 16.8 Å². The Labute approximate surface area is 267 Å². The van der Waals surface area contributed by atoms with E-state index in [-0.39, 0.29) is 0 Å². The zero-order valence-electron chi connectivity index (χ0n) is 24.6. The maximum absolute atomic E-state index is 2.49. The van der Waals surface area contributed by atoms with Gasteiger partial charge in [-0.3, -0.25) is 0 Å².